The summed E-state index contributed by atoms with van der Waals surface area (Å²) in [4.78, 5) is 47.4. The largest absolute Gasteiger partial charge is 0.482 e. The highest BCUT2D eigenvalue weighted by atomic mass is 35.5. The number of rotatable bonds is 12. The molecule has 2 amide bonds. The van der Waals surface area contributed by atoms with Crippen molar-refractivity contribution in [3.63, 3.8) is 0 Å². The molecule has 11 nitrogen and oxygen atoms in total. The second-order valence-corrected chi connectivity index (χ2v) is 13.8. The first-order chi connectivity index (χ1) is 22.6. The van der Waals surface area contributed by atoms with Gasteiger partial charge in [0.15, 0.2) is 6.61 Å². The number of ether oxygens (including phenoxy) is 2. The monoisotopic (exact) mass is 683 g/mol. The van der Waals surface area contributed by atoms with Crippen LogP contribution in [0.5, 0.6) is 5.75 Å². The number of carbonyl (C=O) groups is 3. The lowest BCUT2D eigenvalue weighted by atomic mass is 9.76. The first kappa shape index (κ1) is 34.4. The molecule has 0 spiro atoms. The molecular formula is C34H38ClN3O8S. The van der Waals surface area contributed by atoms with E-state index in [9.17, 15) is 22.8 Å². The van der Waals surface area contributed by atoms with Gasteiger partial charge in [-0.05, 0) is 66.8 Å². The van der Waals surface area contributed by atoms with Crippen LogP contribution in [0.4, 0.5) is 0 Å². The molecule has 13 heteroatoms. The van der Waals surface area contributed by atoms with Gasteiger partial charge >= 0.3 is 5.97 Å². The summed E-state index contributed by atoms with van der Waals surface area (Å²) in [7, 11) is -3.57. The Balaban J connectivity index is 1.41. The van der Waals surface area contributed by atoms with E-state index in [0.717, 1.165) is 24.7 Å². The Morgan fingerprint density at radius 1 is 0.979 bits per heavy atom. The maximum absolute atomic E-state index is 14.3. The minimum atomic E-state index is -3.57. The summed E-state index contributed by atoms with van der Waals surface area (Å²) < 4.78 is 37.8. The SMILES string of the molecule is CCOC(=O)COc1ccc(CONC(=O)[C@@H]2c3ccccc3C(=O)N([C@H]3CCCC[C@@H]3NS(C)(=O)=O)[C@H]2c2ccc(Cl)cc2)cc1. The van der Waals surface area contributed by atoms with Gasteiger partial charge < -0.3 is 14.4 Å². The highest BCUT2D eigenvalue weighted by Crippen LogP contribution is 2.46. The van der Waals surface area contributed by atoms with Gasteiger partial charge in [0.25, 0.3) is 11.8 Å². The summed E-state index contributed by atoms with van der Waals surface area (Å²) in [6.07, 6.45) is 3.85. The van der Waals surface area contributed by atoms with Crippen LogP contribution in [0, 0.1) is 0 Å². The van der Waals surface area contributed by atoms with Crippen LogP contribution in [0.15, 0.2) is 72.8 Å². The molecule has 1 fully saturated rings. The summed E-state index contributed by atoms with van der Waals surface area (Å²) in [5.74, 6) is -1.61. The standard InChI is InChI=1S/C34H38ClN3O8S/c1-3-44-30(39)21-45-25-18-12-22(13-19-25)20-46-36-33(40)31-26-8-4-5-9-27(26)34(41)38(32(31)23-14-16-24(35)17-15-23)29-11-7-6-10-28(29)37-47(2,42)43/h4-5,8-9,12-19,28-29,31-32,37H,3,6-7,10-11,20-21H2,1-2H3,(H,36,40)/t28-,29-,31+,32-/m0/s1. The Hall–Kier alpha value is -3.97. The van der Waals surface area contributed by atoms with Gasteiger partial charge in [0.05, 0.1) is 31.4 Å². The number of nitrogens with one attached hydrogen (secondary N) is 2. The molecule has 3 aromatic rings. The average molecular weight is 684 g/mol. The van der Waals surface area contributed by atoms with E-state index in [1.54, 1.807) is 84.6 Å². The summed E-state index contributed by atoms with van der Waals surface area (Å²) in [5.41, 5.74) is 4.94. The van der Waals surface area contributed by atoms with E-state index >= 15 is 0 Å². The second kappa shape index (κ2) is 15.3. The normalized spacial score (nSPS) is 21.1. The fraction of sp³-hybridized carbons (Fsp3) is 0.382. The van der Waals surface area contributed by atoms with Crippen molar-refractivity contribution in [2.45, 2.75) is 63.3 Å². The molecule has 0 aromatic heterocycles. The van der Waals surface area contributed by atoms with Crippen LogP contribution in [-0.2, 0) is 35.8 Å². The number of sulfonamides is 1. The van der Waals surface area contributed by atoms with Crippen molar-refractivity contribution in [2.24, 2.45) is 0 Å². The molecule has 2 aliphatic rings. The Morgan fingerprint density at radius 2 is 1.68 bits per heavy atom. The predicted molar refractivity (Wildman–Crippen MR) is 175 cm³/mol. The van der Waals surface area contributed by atoms with Crippen molar-refractivity contribution in [3.8, 4) is 5.75 Å². The van der Waals surface area contributed by atoms with Gasteiger partial charge in [0, 0.05) is 22.7 Å². The lowest BCUT2D eigenvalue weighted by Crippen LogP contribution is -2.59. The minimum Gasteiger partial charge on any atom is -0.482 e. The number of carbonyl (C=O) groups excluding carboxylic acids is 3. The van der Waals surface area contributed by atoms with Gasteiger partial charge in [-0.1, -0.05) is 66.9 Å². The molecule has 3 aromatic carbocycles. The van der Waals surface area contributed by atoms with Crippen LogP contribution in [-0.4, -0.2) is 62.7 Å². The maximum atomic E-state index is 14.3. The number of hydrogen-bond acceptors (Lipinski definition) is 8. The van der Waals surface area contributed by atoms with Gasteiger partial charge in [-0.15, -0.1) is 0 Å². The number of amides is 2. The molecule has 1 heterocycles. The van der Waals surface area contributed by atoms with Crippen LogP contribution < -0.4 is 14.9 Å². The van der Waals surface area contributed by atoms with Crippen LogP contribution in [0.3, 0.4) is 0 Å². The number of nitrogens with zero attached hydrogens (tertiary/aromatic N) is 1. The van der Waals surface area contributed by atoms with E-state index in [-0.39, 0.29) is 25.7 Å². The van der Waals surface area contributed by atoms with E-state index in [2.05, 4.69) is 10.2 Å². The zero-order valence-electron chi connectivity index (χ0n) is 26.2. The van der Waals surface area contributed by atoms with E-state index in [0.29, 0.717) is 40.3 Å². The summed E-state index contributed by atoms with van der Waals surface area (Å²) in [5, 5.41) is 0.499. The highest BCUT2D eigenvalue weighted by Gasteiger charge is 2.49. The van der Waals surface area contributed by atoms with Gasteiger partial charge in [-0.3, -0.25) is 14.4 Å². The van der Waals surface area contributed by atoms with Crippen molar-refractivity contribution >= 4 is 39.4 Å². The van der Waals surface area contributed by atoms with E-state index in [1.807, 2.05) is 0 Å². The molecular weight excluding hydrogens is 646 g/mol. The molecule has 0 radical (unpaired) electrons. The number of hydrogen-bond donors (Lipinski definition) is 2. The van der Waals surface area contributed by atoms with Crippen molar-refractivity contribution in [2.75, 3.05) is 19.5 Å². The van der Waals surface area contributed by atoms with Gasteiger partial charge in [0.1, 0.15) is 5.75 Å². The maximum Gasteiger partial charge on any atom is 0.344 e. The van der Waals surface area contributed by atoms with Crippen LogP contribution in [0.2, 0.25) is 5.02 Å². The van der Waals surface area contributed by atoms with Crippen molar-refractivity contribution < 1.29 is 37.1 Å². The van der Waals surface area contributed by atoms with Crippen LogP contribution >= 0.6 is 11.6 Å². The Bertz CT molecular complexity index is 1680. The molecule has 250 valence electrons. The Kier molecular flexibility index (Phi) is 11.2. The highest BCUT2D eigenvalue weighted by molar-refractivity contribution is 7.88. The molecule has 1 aliphatic heterocycles. The van der Waals surface area contributed by atoms with Gasteiger partial charge in [-0.25, -0.2) is 23.4 Å². The smallest absolute Gasteiger partial charge is 0.344 e. The molecule has 0 saturated heterocycles. The number of fused-ring (bicyclic) bond motifs is 1. The topological polar surface area (TPSA) is 140 Å². The zero-order chi connectivity index (χ0) is 33.6. The molecule has 1 saturated carbocycles. The first-order valence-corrected chi connectivity index (χ1v) is 17.8. The van der Waals surface area contributed by atoms with Crippen molar-refractivity contribution in [1.82, 2.24) is 15.1 Å². The third-order valence-corrected chi connectivity index (χ3v) is 9.30. The lowest BCUT2D eigenvalue weighted by Gasteiger charge is -2.49. The minimum absolute atomic E-state index is 0.0372. The third kappa shape index (κ3) is 8.50. The van der Waals surface area contributed by atoms with Gasteiger partial charge in [-0.2, -0.15) is 0 Å². The second-order valence-electron chi connectivity index (χ2n) is 11.6. The molecule has 0 bridgehead atoms. The number of halogens is 1. The van der Waals surface area contributed by atoms with E-state index in [1.165, 1.54) is 0 Å². The molecule has 47 heavy (non-hydrogen) atoms. The lowest BCUT2D eigenvalue weighted by molar-refractivity contribution is -0.145. The fourth-order valence-electron chi connectivity index (χ4n) is 6.35. The molecule has 1 aliphatic carbocycles. The molecule has 5 rings (SSSR count). The molecule has 4 atom stereocenters. The summed E-state index contributed by atoms with van der Waals surface area (Å²) in [6.45, 7) is 1.82. The summed E-state index contributed by atoms with van der Waals surface area (Å²) >= 11 is 6.24. The van der Waals surface area contributed by atoms with Crippen molar-refractivity contribution in [1.29, 1.82) is 0 Å². The number of benzene rings is 3. The third-order valence-electron chi connectivity index (χ3n) is 8.32. The molecule has 2 N–H and O–H groups in total. The number of esters is 1. The average Bonchev–Trinajstić information content (AvgIpc) is 3.04. The first-order valence-electron chi connectivity index (χ1n) is 15.5. The number of hydroxylamine groups is 1. The van der Waals surface area contributed by atoms with Crippen molar-refractivity contribution in [3.05, 3.63) is 100 Å². The fourth-order valence-corrected chi connectivity index (χ4v) is 7.30. The van der Waals surface area contributed by atoms with Gasteiger partial charge in [0.2, 0.25) is 10.0 Å². The van der Waals surface area contributed by atoms with E-state index < -0.39 is 45.9 Å². The predicted octanol–water partition coefficient (Wildman–Crippen LogP) is 4.67. The summed E-state index contributed by atoms with van der Waals surface area (Å²) in [6, 6.07) is 19.0. The zero-order valence-corrected chi connectivity index (χ0v) is 27.8. The van der Waals surface area contributed by atoms with Crippen LogP contribution in [0.25, 0.3) is 0 Å². The van der Waals surface area contributed by atoms with Crippen LogP contribution in [0.1, 0.15) is 71.6 Å². The Morgan fingerprint density at radius 3 is 2.38 bits per heavy atom. The van der Waals surface area contributed by atoms with E-state index in [4.69, 9.17) is 25.9 Å². The quantitative estimate of drug-likeness (QED) is 0.207. The Labute approximate surface area is 279 Å². The molecule has 0 unspecified atom stereocenters.